The van der Waals surface area contributed by atoms with Crippen LogP contribution in [-0.4, -0.2) is 13.1 Å². The molecule has 2 N–H and O–H groups in total. The summed E-state index contributed by atoms with van der Waals surface area (Å²) < 4.78 is 17.6. The van der Waals surface area contributed by atoms with Crippen molar-refractivity contribution in [3.8, 4) is 0 Å². The summed E-state index contributed by atoms with van der Waals surface area (Å²) in [6, 6.07) is 5.47. The van der Waals surface area contributed by atoms with Gasteiger partial charge in [-0.15, -0.1) is 0 Å². The highest BCUT2D eigenvalue weighted by Crippen LogP contribution is 2.17. The van der Waals surface area contributed by atoms with Gasteiger partial charge in [0, 0.05) is 11.6 Å². The van der Waals surface area contributed by atoms with E-state index in [-0.39, 0.29) is 6.42 Å². The molecule has 3 nitrogen and oxygen atoms in total. The second kappa shape index (κ2) is 7.82. The predicted molar refractivity (Wildman–Crippen MR) is 61.3 cm³/mol. The minimum absolute atomic E-state index is 0.0164. The molecule has 0 spiro atoms. The topological polar surface area (TPSA) is 52.3 Å². The summed E-state index contributed by atoms with van der Waals surface area (Å²) in [7, 11) is 1.27. The van der Waals surface area contributed by atoms with Gasteiger partial charge in [0.25, 0.3) is 0 Å². The van der Waals surface area contributed by atoms with Gasteiger partial charge in [-0.25, -0.2) is 4.39 Å². The molecular formula is C12H18FNO2. The molecule has 1 unspecified atom stereocenters. The maximum atomic E-state index is 13.2. The molecule has 1 aromatic carbocycles. The number of benzene rings is 1. The van der Waals surface area contributed by atoms with Crippen molar-refractivity contribution in [2.24, 2.45) is 5.73 Å². The van der Waals surface area contributed by atoms with Crippen molar-refractivity contribution in [2.75, 3.05) is 7.11 Å². The number of carbonyl (C=O) groups is 1. The Morgan fingerprint density at radius 1 is 1.44 bits per heavy atom. The van der Waals surface area contributed by atoms with Crippen LogP contribution in [0.1, 0.15) is 31.9 Å². The van der Waals surface area contributed by atoms with Crippen molar-refractivity contribution in [1.82, 2.24) is 0 Å². The summed E-state index contributed by atoms with van der Waals surface area (Å²) >= 11 is 0. The zero-order valence-corrected chi connectivity index (χ0v) is 9.87. The normalized spacial score (nSPS) is 11.1. The van der Waals surface area contributed by atoms with Crippen LogP contribution in [0.15, 0.2) is 24.3 Å². The van der Waals surface area contributed by atoms with Gasteiger partial charge >= 0.3 is 5.97 Å². The third kappa shape index (κ3) is 4.40. The first-order valence-corrected chi connectivity index (χ1v) is 5.22. The van der Waals surface area contributed by atoms with Crippen LogP contribution < -0.4 is 5.73 Å². The maximum absolute atomic E-state index is 13.2. The van der Waals surface area contributed by atoms with Crippen molar-refractivity contribution in [1.29, 1.82) is 0 Å². The molecule has 4 heteroatoms. The van der Waals surface area contributed by atoms with Gasteiger partial charge in [0.1, 0.15) is 5.82 Å². The third-order valence-corrected chi connectivity index (χ3v) is 1.92. The Balaban J connectivity index is 0.00000106. The summed E-state index contributed by atoms with van der Waals surface area (Å²) in [6.45, 7) is 4.00. The lowest BCUT2D eigenvalue weighted by atomic mass is 10.0. The summed E-state index contributed by atoms with van der Waals surface area (Å²) in [4.78, 5) is 10.9. The maximum Gasteiger partial charge on any atom is 0.307 e. The van der Waals surface area contributed by atoms with E-state index in [9.17, 15) is 9.18 Å². The van der Waals surface area contributed by atoms with Crippen LogP contribution in [0.25, 0.3) is 0 Å². The first kappa shape index (κ1) is 14.6. The predicted octanol–water partition coefficient (Wildman–Crippen LogP) is 2.41. The molecule has 0 saturated heterocycles. The second-order valence-electron chi connectivity index (χ2n) is 2.91. The molecule has 1 atom stereocenters. The highest BCUT2D eigenvalue weighted by Gasteiger charge is 2.14. The largest absolute Gasteiger partial charge is 0.469 e. The molecule has 0 aliphatic rings. The zero-order chi connectivity index (χ0) is 12.6. The van der Waals surface area contributed by atoms with Crippen molar-refractivity contribution >= 4 is 5.97 Å². The number of methoxy groups -OCH3 is 1. The zero-order valence-electron chi connectivity index (χ0n) is 9.87. The van der Waals surface area contributed by atoms with Crippen LogP contribution in [0.5, 0.6) is 0 Å². The van der Waals surface area contributed by atoms with Gasteiger partial charge in [0.05, 0.1) is 13.5 Å². The number of rotatable bonds is 3. The molecular weight excluding hydrogens is 209 g/mol. The van der Waals surface area contributed by atoms with Crippen molar-refractivity contribution in [3.05, 3.63) is 35.6 Å². The molecule has 0 aliphatic carbocycles. The first-order valence-electron chi connectivity index (χ1n) is 5.22. The molecule has 0 bridgehead atoms. The SMILES string of the molecule is CC.COC(=O)CC(N)c1ccccc1F. The molecule has 0 heterocycles. The van der Waals surface area contributed by atoms with E-state index < -0.39 is 17.8 Å². The van der Waals surface area contributed by atoms with E-state index in [1.54, 1.807) is 18.2 Å². The Morgan fingerprint density at radius 2 is 2.00 bits per heavy atom. The molecule has 0 aromatic heterocycles. The molecule has 1 rings (SSSR count). The number of esters is 1. The molecule has 0 radical (unpaired) electrons. The van der Waals surface area contributed by atoms with Crippen LogP contribution in [0.3, 0.4) is 0 Å². The van der Waals surface area contributed by atoms with E-state index in [1.807, 2.05) is 13.8 Å². The lowest BCUT2D eigenvalue weighted by Crippen LogP contribution is -2.17. The Bertz CT molecular complexity index is 329. The van der Waals surface area contributed by atoms with E-state index in [1.165, 1.54) is 13.2 Å². The van der Waals surface area contributed by atoms with E-state index >= 15 is 0 Å². The van der Waals surface area contributed by atoms with Crippen molar-refractivity contribution < 1.29 is 13.9 Å². The molecule has 1 aromatic rings. The summed E-state index contributed by atoms with van der Waals surface area (Å²) in [5, 5.41) is 0. The van der Waals surface area contributed by atoms with Gasteiger partial charge in [-0.1, -0.05) is 32.0 Å². The smallest absolute Gasteiger partial charge is 0.307 e. The third-order valence-electron chi connectivity index (χ3n) is 1.92. The Morgan fingerprint density at radius 3 is 2.50 bits per heavy atom. The Kier molecular flexibility index (Phi) is 7.12. The second-order valence-corrected chi connectivity index (χ2v) is 2.91. The number of hydrogen-bond donors (Lipinski definition) is 1. The average Bonchev–Trinajstić information content (AvgIpc) is 2.32. The number of ether oxygens (including phenoxy) is 1. The van der Waals surface area contributed by atoms with Crippen LogP contribution in [-0.2, 0) is 9.53 Å². The van der Waals surface area contributed by atoms with Crippen LogP contribution >= 0.6 is 0 Å². The minimum Gasteiger partial charge on any atom is -0.469 e. The van der Waals surface area contributed by atoms with Gasteiger partial charge in [-0.3, -0.25) is 4.79 Å². The van der Waals surface area contributed by atoms with Gasteiger partial charge in [-0.05, 0) is 6.07 Å². The summed E-state index contributed by atoms with van der Waals surface area (Å²) in [6.07, 6.45) is -0.0164. The number of nitrogens with two attached hydrogens (primary N) is 1. The highest BCUT2D eigenvalue weighted by atomic mass is 19.1. The van der Waals surface area contributed by atoms with Gasteiger partial charge in [0.15, 0.2) is 0 Å². The van der Waals surface area contributed by atoms with Crippen molar-refractivity contribution in [3.63, 3.8) is 0 Å². The van der Waals surface area contributed by atoms with Crippen LogP contribution in [0.4, 0.5) is 4.39 Å². The molecule has 0 saturated carbocycles. The average molecular weight is 227 g/mol. The highest BCUT2D eigenvalue weighted by molar-refractivity contribution is 5.70. The molecule has 90 valence electrons. The van der Waals surface area contributed by atoms with E-state index in [2.05, 4.69) is 4.74 Å². The van der Waals surface area contributed by atoms with Crippen LogP contribution in [0.2, 0.25) is 0 Å². The number of halogens is 1. The van der Waals surface area contributed by atoms with Gasteiger partial charge in [0.2, 0.25) is 0 Å². The molecule has 0 amide bonds. The van der Waals surface area contributed by atoms with Gasteiger partial charge in [-0.2, -0.15) is 0 Å². The fourth-order valence-corrected chi connectivity index (χ4v) is 1.15. The summed E-state index contributed by atoms with van der Waals surface area (Å²) in [5.41, 5.74) is 5.96. The van der Waals surface area contributed by atoms with E-state index in [4.69, 9.17) is 5.73 Å². The molecule has 0 fully saturated rings. The standard InChI is InChI=1S/C10H12FNO2.C2H6/c1-14-10(13)6-9(12)7-4-2-3-5-8(7)11;1-2/h2-5,9H,6,12H2,1H3;1-2H3. The quantitative estimate of drug-likeness (QED) is 0.807. The number of hydrogen-bond acceptors (Lipinski definition) is 3. The minimum atomic E-state index is -0.649. The first-order chi connectivity index (χ1) is 7.65. The monoisotopic (exact) mass is 227 g/mol. The Hall–Kier alpha value is -1.42. The van der Waals surface area contributed by atoms with E-state index in [0.29, 0.717) is 5.56 Å². The lowest BCUT2D eigenvalue weighted by Gasteiger charge is -2.10. The van der Waals surface area contributed by atoms with Gasteiger partial charge < -0.3 is 10.5 Å². The van der Waals surface area contributed by atoms with E-state index in [0.717, 1.165) is 0 Å². The Labute approximate surface area is 95.4 Å². The van der Waals surface area contributed by atoms with Crippen molar-refractivity contribution in [2.45, 2.75) is 26.3 Å². The summed E-state index contributed by atoms with van der Waals surface area (Å²) in [5.74, 6) is -0.843. The van der Waals surface area contributed by atoms with Crippen LogP contribution in [0, 0.1) is 5.82 Å². The fraction of sp³-hybridized carbons (Fsp3) is 0.417. The molecule has 0 aliphatic heterocycles. The number of carbonyl (C=O) groups excluding carboxylic acids is 1. The fourth-order valence-electron chi connectivity index (χ4n) is 1.15. The molecule has 16 heavy (non-hydrogen) atoms. The lowest BCUT2D eigenvalue weighted by molar-refractivity contribution is -0.141.